The molecule has 1 N–H and O–H groups in total. The molecule has 3 rings (SSSR count). The molecule has 1 unspecified atom stereocenters. The maximum Gasteiger partial charge on any atom is 0.223 e. The molecule has 1 aliphatic rings. The van der Waals surface area contributed by atoms with Crippen LogP contribution in [0.25, 0.3) is 0 Å². The standard InChI is InChI=1S/C21H25ClN2O2.ClH/c1-2-26-17-10-7-16(8-11-17)9-12-21(25)24-14-13-23-15-20(24)18-5-3-4-6-19(18)22;/h3-8,10-11,20,23H,2,9,12-15H2,1H3;1H. The van der Waals surface area contributed by atoms with Gasteiger partial charge < -0.3 is 15.0 Å². The summed E-state index contributed by atoms with van der Waals surface area (Å²) in [7, 11) is 0. The van der Waals surface area contributed by atoms with Crippen molar-refractivity contribution in [3.63, 3.8) is 0 Å². The highest BCUT2D eigenvalue weighted by molar-refractivity contribution is 6.31. The SMILES string of the molecule is CCOc1ccc(CCC(=O)N2CCNCC2c2ccccc2Cl)cc1.Cl. The van der Waals surface area contributed by atoms with Crippen LogP contribution in [0.3, 0.4) is 0 Å². The molecule has 1 fully saturated rings. The van der Waals surface area contributed by atoms with Crippen molar-refractivity contribution in [3.8, 4) is 5.75 Å². The van der Waals surface area contributed by atoms with E-state index in [-0.39, 0.29) is 24.4 Å². The zero-order chi connectivity index (χ0) is 18.4. The van der Waals surface area contributed by atoms with Crippen LogP contribution in [-0.4, -0.2) is 37.0 Å². The fraction of sp³-hybridized carbons (Fsp3) is 0.381. The normalized spacial score (nSPS) is 16.5. The molecule has 0 aliphatic carbocycles. The third-order valence-electron chi connectivity index (χ3n) is 4.69. The van der Waals surface area contributed by atoms with Crippen molar-refractivity contribution in [1.29, 1.82) is 0 Å². The smallest absolute Gasteiger partial charge is 0.223 e. The Morgan fingerprint density at radius 2 is 1.96 bits per heavy atom. The molecule has 2 aromatic rings. The molecule has 27 heavy (non-hydrogen) atoms. The maximum atomic E-state index is 12.9. The van der Waals surface area contributed by atoms with Crippen LogP contribution in [0.2, 0.25) is 5.02 Å². The molecule has 2 aromatic carbocycles. The highest BCUT2D eigenvalue weighted by Gasteiger charge is 2.28. The summed E-state index contributed by atoms with van der Waals surface area (Å²) in [5, 5.41) is 4.08. The second-order valence-electron chi connectivity index (χ2n) is 6.41. The van der Waals surface area contributed by atoms with Crippen molar-refractivity contribution in [2.75, 3.05) is 26.2 Å². The largest absolute Gasteiger partial charge is 0.494 e. The number of halogens is 2. The van der Waals surface area contributed by atoms with Gasteiger partial charge >= 0.3 is 0 Å². The fourth-order valence-corrected chi connectivity index (χ4v) is 3.60. The van der Waals surface area contributed by atoms with Crippen LogP contribution in [0.1, 0.15) is 30.5 Å². The number of nitrogens with zero attached hydrogens (tertiary/aromatic N) is 1. The van der Waals surface area contributed by atoms with Crippen LogP contribution in [0.4, 0.5) is 0 Å². The third-order valence-corrected chi connectivity index (χ3v) is 5.03. The molecule has 4 nitrogen and oxygen atoms in total. The molecule has 1 amide bonds. The first-order valence-corrected chi connectivity index (χ1v) is 9.53. The number of aryl methyl sites for hydroxylation is 1. The Morgan fingerprint density at radius 1 is 1.22 bits per heavy atom. The van der Waals surface area contributed by atoms with Gasteiger partial charge in [0.05, 0.1) is 12.6 Å². The Labute approximate surface area is 172 Å². The van der Waals surface area contributed by atoms with Crippen LogP contribution in [0, 0.1) is 0 Å². The van der Waals surface area contributed by atoms with Crippen LogP contribution in [0.15, 0.2) is 48.5 Å². The number of hydrogen-bond acceptors (Lipinski definition) is 3. The zero-order valence-electron chi connectivity index (χ0n) is 15.5. The van der Waals surface area contributed by atoms with Crippen molar-refractivity contribution in [2.24, 2.45) is 0 Å². The van der Waals surface area contributed by atoms with Crippen LogP contribution < -0.4 is 10.1 Å². The van der Waals surface area contributed by atoms with E-state index in [1.165, 1.54) is 0 Å². The summed E-state index contributed by atoms with van der Waals surface area (Å²) in [6.07, 6.45) is 1.22. The number of carbonyl (C=O) groups is 1. The van der Waals surface area contributed by atoms with E-state index in [2.05, 4.69) is 5.32 Å². The van der Waals surface area contributed by atoms with E-state index in [4.69, 9.17) is 16.3 Å². The summed E-state index contributed by atoms with van der Waals surface area (Å²) in [4.78, 5) is 14.8. The number of nitrogens with one attached hydrogen (secondary N) is 1. The van der Waals surface area contributed by atoms with Gasteiger partial charge in [-0.3, -0.25) is 4.79 Å². The molecule has 1 aliphatic heterocycles. The minimum atomic E-state index is -0.00900. The van der Waals surface area contributed by atoms with Crippen LogP contribution in [-0.2, 0) is 11.2 Å². The lowest BCUT2D eigenvalue weighted by molar-refractivity contribution is -0.134. The van der Waals surface area contributed by atoms with Crippen molar-refractivity contribution >= 4 is 29.9 Å². The summed E-state index contributed by atoms with van der Waals surface area (Å²) in [6, 6.07) is 15.7. The predicted molar refractivity (Wildman–Crippen MR) is 112 cm³/mol. The van der Waals surface area contributed by atoms with Crippen molar-refractivity contribution < 1.29 is 9.53 Å². The molecule has 1 heterocycles. The monoisotopic (exact) mass is 408 g/mol. The van der Waals surface area contributed by atoms with Gasteiger partial charge in [-0.1, -0.05) is 41.9 Å². The van der Waals surface area contributed by atoms with Gasteiger partial charge in [0, 0.05) is 31.1 Å². The molecule has 0 saturated carbocycles. The highest BCUT2D eigenvalue weighted by Crippen LogP contribution is 2.29. The summed E-state index contributed by atoms with van der Waals surface area (Å²) in [5.74, 6) is 1.04. The minimum Gasteiger partial charge on any atom is -0.494 e. The Bertz CT molecular complexity index is 737. The molecular weight excluding hydrogens is 383 g/mol. The molecule has 0 radical (unpaired) electrons. The van der Waals surface area contributed by atoms with Crippen molar-refractivity contribution in [2.45, 2.75) is 25.8 Å². The van der Waals surface area contributed by atoms with E-state index in [1.54, 1.807) is 0 Å². The molecule has 0 bridgehead atoms. The summed E-state index contributed by atoms with van der Waals surface area (Å²) in [6.45, 7) is 4.88. The lowest BCUT2D eigenvalue weighted by Gasteiger charge is -2.37. The van der Waals surface area contributed by atoms with Crippen LogP contribution in [0.5, 0.6) is 5.75 Å². The first kappa shape index (κ1) is 21.5. The number of piperazine rings is 1. The minimum absolute atomic E-state index is 0. The summed E-state index contributed by atoms with van der Waals surface area (Å²) < 4.78 is 5.46. The number of benzene rings is 2. The zero-order valence-corrected chi connectivity index (χ0v) is 17.1. The van der Waals surface area contributed by atoms with Crippen molar-refractivity contribution in [3.05, 3.63) is 64.7 Å². The van der Waals surface area contributed by atoms with E-state index < -0.39 is 0 Å². The Hall–Kier alpha value is -1.75. The first-order chi connectivity index (χ1) is 12.7. The lowest BCUT2D eigenvalue weighted by Crippen LogP contribution is -2.48. The van der Waals surface area contributed by atoms with Gasteiger partial charge in [-0.2, -0.15) is 0 Å². The van der Waals surface area contributed by atoms with Gasteiger partial charge in [-0.05, 0) is 42.7 Å². The van der Waals surface area contributed by atoms with E-state index in [1.807, 2.05) is 60.4 Å². The van der Waals surface area contributed by atoms with E-state index in [9.17, 15) is 4.79 Å². The van der Waals surface area contributed by atoms with E-state index in [0.717, 1.165) is 36.4 Å². The second kappa shape index (κ2) is 10.5. The van der Waals surface area contributed by atoms with Gasteiger partial charge in [-0.25, -0.2) is 0 Å². The molecule has 0 aromatic heterocycles. The average molecular weight is 409 g/mol. The maximum absolute atomic E-state index is 12.9. The second-order valence-corrected chi connectivity index (χ2v) is 6.81. The average Bonchev–Trinajstić information content (AvgIpc) is 2.68. The summed E-state index contributed by atoms with van der Waals surface area (Å²) in [5.41, 5.74) is 2.15. The number of amides is 1. The van der Waals surface area contributed by atoms with Gasteiger partial charge in [0.1, 0.15) is 5.75 Å². The van der Waals surface area contributed by atoms with E-state index in [0.29, 0.717) is 24.6 Å². The molecule has 1 saturated heterocycles. The fourth-order valence-electron chi connectivity index (χ4n) is 3.34. The first-order valence-electron chi connectivity index (χ1n) is 9.15. The summed E-state index contributed by atoms with van der Waals surface area (Å²) >= 11 is 6.36. The van der Waals surface area contributed by atoms with Gasteiger partial charge in [0.25, 0.3) is 0 Å². The Balaban J connectivity index is 0.00000261. The number of hydrogen-bond donors (Lipinski definition) is 1. The number of carbonyl (C=O) groups excluding carboxylic acids is 1. The molecule has 1 atom stereocenters. The van der Waals surface area contributed by atoms with Gasteiger partial charge in [0.2, 0.25) is 5.91 Å². The Morgan fingerprint density at radius 3 is 2.67 bits per heavy atom. The highest BCUT2D eigenvalue weighted by atomic mass is 35.5. The Kier molecular flexibility index (Phi) is 8.42. The van der Waals surface area contributed by atoms with Gasteiger partial charge in [0.15, 0.2) is 0 Å². The van der Waals surface area contributed by atoms with Gasteiger partial charge in [-0.15, -0.1) is 12.4 Å². The molecular formula is C21H26Cl2N2O2. The molecule has 6 heteroatoms. The van der Waals surface area contributed by atoms with E-state index >= 15 is 0 Å². The quantitative estimate of drug-likeness (QED) is 0.775. The molecule has 146 valence electrons. The third kappa shape index (κ3) is 5.61. The number of ether oxygens (including phenoxy) is 1. The molecule has 0 spiro atoms. The lowest BCUT2D eigenvalue weighted by atomic mass is 10.0. The van der Waals surface area contributed by atoms with Crippen molar-refractivity contribution in [1.82, 2.24) is 10.2 Å². The topological polar surface area (TPSA) is 41.6 Å². The predicted octanol–water partition coefficient (Wildman–Crippen LogP) is 4.27. The number of rotatable bonds is 6. The van der Waals surface area contributed by atoms with Crippen LogP contribution >= 0.6 is 24.0 Å².